The van der Waals surface area contributed by atoms with Gasteiger partial charge in [-0.2, -0.15) is 0 Å². The molecule has 0 aliphatic heterocycles. The molecule has 1 unspecified atom stereocenters. The predicted molar refractivity (Wildman–Crippen MR) is 109 cm³/mol. The maximum Gasteiger partial charge on any atom is 0.405 e. The number of benzene rings is 2. The fourth-order valence-corrected chi connectivity index (χ4v) is 4.02. The van der Waals surface area contributed by atoms with Crippen LogP contribution < -0.4 is 10.1 Å². The summed E-state index contributed by atoms with van der Waals surface area (Å²) < 4.78 is 5.67. The molecule has 0 bridgehead atoms. The molecule has 0 heterocycles. The first-order valence-corrected chi connectivity index (χ1v) is 9.34. The van der Waals surface area contributed by atoms with E-state index in [1.54, 1.807) is 7.11 Å². The summed E-state index contributed by atoms with van der Waals surface area (Å²) in [5, 5.41) is 11.9. The lowest BCUT2D eigenvalue weighted by atomic mass is 9.85. The van der Waals surface area contributed by atoms with Crippen molar-refractivity contribution in [1.82, 2.24) is 5.32 Å². The molecule has 1 atom stereocenters. The minimum atomic E-state index is -0.998. The topological polar surface area (TPSA) is 58.6 Å². The Morgan fingerprint density at radius 2 is 1.81 bits per heavy atom. The molecule has 2 N–H and O–H groups in total. The summed E-state index contributed by atoms with van der Waals surface area (Å²) >= 11 is 0. The van der Waals surface area contributed by atoms with Gasteiger partial charge in [-0.25, -0.2) is 4.79 Å². The van der Waals surface area contributed by atoms with Crippen molar-refractivity contribution in [2.45, 2.75) is 52.5 Å². The molecule has 27 heavy (non-hydrogen) atoms. The molecule has 4 heteroatoms. The molecular weight excluding hydrogens is 338 g/mol. The summed E-state index contributed by atoms with van der Waals surface area (Å²) in [5.41, 5.74) is 5.56. The maximum absolute atomic E-state index is 11.3. The normalized spacial score (nSPS) is 18.1. The van der Waals surface area contributed by atoms with E-state index in [-0.39, 0.29) is 16.9 Å². The van der Waals surface area contributed by atoms with Crippen molar-refractivity contribution in [2.75, 3.05) is 7.11 Å². The molecule has 4 nitrogen and oxygen atoms in total. The highest BCUT2D eigenvalue weighted by Gasteiger charge is 2.40. The summed E-state index contributed by atoms with van der Waals surface area (Å²) in [6.45, 7) is 10.8. The van der Waals surface area contributed by atoms with Crippen LogP contribution in [-0.2, 0) is 11.8 Å². The smallest absolute Gasteiger partial charge is 0.405 e. The molecule has 0 spiro atoms. The first-order valence-electron chi connectivity index (χ1n) is 9.34. The Hall–Kier alpha value is -2.49. The third-order valence-electron chi connectivity index (χ3n) is 5.53. The molecule has 1 aliphatic carbocycles. The monoisotopic (exact) mass is 367 g/mol. The largest absolute Gasteiger partial charge is 0.496 e. The van der Waals surface area contributed by atoms with Crippen LogP contribution in [0.25, 0.3) is 11.1 Å². The lowest BCUT2D eigenvalue weighted by Gasteiger charge is -2.27. The van der Waals surface area contributed by atoms with Crippen molar-refractivity contribution in [3.05, 3.63) is 53.1 Å². The fourth-order valence-electron chi connectivity index (χ4n) is 4.02. The van der Waals surface area contributed by atoms with Gasteiger partial charge in [0.15, 0.2) is 0 Å². The van der Waals surface area contributed by atoms with E-state index < -0.39 is 6.09 Å². The Kier molecular flexibility index (Phi) is 4.71. The average molecular weight is 367 g/mol. The van der Waals surface area contributed by atoms with Crippen LogP contribution in [0.4, 0.5) is 4.79 Å². The van der Waals surface area contributed by atoms with Gasteiger partial charge < -0.3 is 15.2 Å². The van der Waals surface area contributed by atoms with Gasteiger partial charge in [-0.15, -0.1) is 0 Å². The Balaban J connectivity index is 2.06. The lowest BCUT2D eigenvalue weighted by molar-refractivity contribution is 0.175. The third-order valence-corrected chi connectivity index (χ3v) is 5.53. The Morgan fingerprint density at radius 3 is 2.33 bits per heavy atom. The first kappa shape index (κ1) is 19.3. The minimum absolute atomic E-state index is 0.111. The van der Waals surface area contributed by atoms with Crippen LogP contribution in [-0.4, -0.2) is 18.3 Å². The van der Waals surface area contributed by atoms with Crippen molar-refractivity contribution in [1.29, 1.82) is 0 Å². The molecule has 0 saturated heterocycles. The van der Waals surface area contributed by atoms with Crippen molar-refractivity contribution in [3.8, 4) is 16.9 Å². The van der Waals surface area contributed by atoms with Crippen LogP contribution >= 0.6 is 0 Å². The fraction of sp³-hybridized carbons (Fsp3) is 0.435. The van der Waals surface area contributed by atoms with Gasteiger partial charge in [-0.1, -0.05) is 58.9 Å². The number of rotatable bonds is 3. The van der Waals surface area contributed by atoms with Crippen molar-refractivity contribution < 1.29 is 14.6 Å². The van der Waals surface area contributed by atoms with Crippen LogP contribution in [0.1, 0.15) is 57.4 Å². The molecule has 2 aromatic carbocycles. The quantitative estimate of drug-likeness (QED) is 0.747. The average Bonchev–Trinajstić information content (AvgIpc) is 2.82. The second kappa shape index (κ2) is 6.59. The SMILES string of the molecule is COc1cc2c(cc1-c1ccc(C(C)(C)C)cc1)CC(C)(C)C2NC(=O)O. The summed E-state index contributed by atoms with van der Waals surface area (Å²) in [4.78, 5) is 11.3. The van der Waals surface area contributed by atoms with E-state index in [0.29, 0.717) is 0 Å². The van der Waals surface area contributed by atoms with Gasteiger partial charge >= 0.3 is 6.09 Å². The number of amides is 1. The third kappa shape index (κ3) is 3.66. The molecule has 2 aromatic rings. The van der Waals surface area contributed by atoms with Crippen molar-refractivity contribution in [2.24, 2.45) is 5.41 Å². The number of ether oxygens (including phenoxy) is 1. The van der Waals surface area contributed by atoms with Crippen molar-refractivity contribution in [3.63, 3.8) is 0 Å². The Bertz CT molecular complexity index is 860. The highest BCUT2D eigenvalue weighted by molar-refractivity contribution is 5.74. The summed E-state index contributed by atoms with van der Waals surface area (Å²) in [6.07, 6.45) is -0.175. The Morgan fingerprint density at radius 1 is 1.19 bits per heavy atom. The molecule has 1 aliphatic rings. The molecule has 0 radical (unpaired) electrons. The summed E-state index contributed by atoms with van der Waals surface area (Å²) in [6, 6.07) is 12.5. The highest BCUT2D eigenvalue weighted by atomic mass is 16.5. The highest BCUT2D eigenvalue weighted by Crippen LogP contribution is 2.48. The molecule has 144 valence electrons. The minimum Gasteiger partial charge on any atom is -0.496 e. The summed E-state index contributed by atoms with van der Waals surface area (Å²) in [5.74, 6) is 0.771. The van der Waals surface area contributed by atoms with Crippen LogP contribution in [0.3, 0.4) is 0 Å². The number of hydrogen-bond donors (Lipinski definition) is 2. The molecule has 0 aromatic heterocycles. The van der Waals surface area contributed by atoms with Crippen LogP contribution in [0.15, 0.2) is 36.4 Å². The number of fused-ring (bicyclic) bond motifs is 1. The molecule has 0 saturated carbocycles. The zero-order valence-corrected chi connectivity index (χ0v) is 17.0. The number of carboxylic acid groups (broad SMARTS) is 1. The van der Waals surface area contributed by atoms with Crippen LogP contribution in [0.2, 0.25) is 0 Å². The van der Waals surface area contributed by atoms with Crippen molar-refractivity contribution >= 4 is 6.09 Å². The van der Waals surface area contributed by atoms with Gasteiger partial charge in [0, 0.05) is 5.56 Å². The second-order valence-corrected chi connectivity index (χ2v) is 9.13. The van der Waals surface area contributed by atoms with E-state index in [0.717, 1.165) is 28.9 Å². The molecule has 3 rings (SSSR count). The van der Waals surface area contributed by atoms with E-state index >= 15 is 0 Å². The van der Waals surface area contributed by atoms with Gasteiger partial charge in [-0.3, -0.25) is 0 Å². The molecule has 1 amide bonds. The van der Waals surface area contributed by atoms with Crippen LogP contribution in [0, 0.1) is 5.41 Å². The van der Waals surface area contributed by atoms with E-state index in [9.17, 15) is 9.90 Å². The first-order chi connectivity index (χ1) is 12.5. The zero-order valence-electron chi connectivity index (χ0n) is 17.0. The number of methoxy groups -OCH3 is 1. The van der Waals surface area contributed by atoms with Crippen LogP contribution in [0.5, 0.6) is 5.75 Å². The lowest BCUT2D eigenvalue weighted by Crippen LogP contribution is -2.34. The number of nitrogens with one attached hydrogen (secondary N) is 1. The number of hydrogen-bond acceptors (Lipinski definition) is 2. The molecule has 0 fully saturated rings. The van der Waals surface area contributed by atoms with E-state index in [2.05, 4.69) is 70.3 Å². The molecular formula is C23H29NO3. The summed E-state index contributed by atoms with van der Waals surface area (Å²) in [7, 11) is 1.66. The maximum atomic E-state index is 11.3. The van der Waals surface area contributed by atoms with Gasteiger partial charge in [0.05, 0.1) is 13.2 Å². The van der Waals surface area contributed by atoms with Gasteiger partial charge in [0.25, 0.3) is 0 Å². The van der Waals surface area contributed by atoms with Gasteiger partial charge in [0.2, 0.25) is 0 Å². The van der Waals surface area contributed by atoms with Gasteiger partial charge in [0.1, 0.15) is 5.75 Å². The van der Waals surface area contributed by atoms with Gasteiger partial charge in [-0.05, 0) is 51.6 Å². The predicted octanol–water partition coefficient (Wildman–Crippen LogP) is 5.55. The standard InChI is InChI=1S/C23H29NO3/c1-22(2,3)16-9-7-14(8-10-16)17-11-15-13-23(4,5)20(24-21(25)26)18(15)12-19(17)27-6/h7-12,20,24H,13H2,1-6H3,(H,25,26). The van der Waals surface area contributed by atoms with E-state index in [1.807, 2.05) is 6.07 Å². The van der Waals surface area contributed by atoms with E-state index in [1.165, 1.54) is 11.1 Å². The Labute approximate surface area is 161 Å². The number of carbonyl (C=O) groups is 1. The van der Waals surface area contributed by atoms with E-state index in [4.69, 9.17) is 4.74 Å². The second-order valence-electron chi connectivity index (χ2n) is 9.13. The zero-order chi connectivity index (χ0) is 20.0.